The average molecular weight is 430 g/mol. The third-order valence-corrected chi connectivity index (χ3v) is 7.55. The van der Waals surface area contributed by atoms with Gasteiger partial charge in [-0.2, -0.15) is 0 Å². The van der Waals surface area contributed by atoms with Gasteiger partial charge in [-0.1, -0.05) is 0 Å². The van der Waals surface area contributed by atoms with Crippen LogP contribution in [-0.2, 0) is 18.6 Å². The van der Waals surface area contributed by atoms with Crippen LogP contribution >= 0.6 is 7.52 Å². The quantitative estimate of drug-likeness (QED) is 0.628. The molecule has 0 amide bonds. The maximum atomic E-state index is 13.2. The van der Waals surface area contributed by atoms with Gasteiger partial charge in [0.25, 0.3) is 13.1 Å². The van der Waals surface area contributed by atoms with E-state index in [2.05, 4.69) is 4.98 Å². The van der Waals surface area contributed by atoms with E-state index in [-0.39, 0.29) is 18.8 Å². The number of morpholine rings is 1. The van der Waals surface area contributed by atoms with Gasteiger partial charge in [0, 0.05) is 51.2 Å². The minimum absolute atomic E-state index is 0.0984. The van der Waals surface area contributed by atoms with Gasteiger partial charge < -0.3 is 14.0 Å². The lowest BCUT2D eigenvalue weighted by molar-refractivity contribution is -0.128. The molecule has 2 fully saturated rings. The van der Waals surface area contributed by atoms with Gasteiger partial charge in [-0.3, -0.25) is 23.8 Å². The number of likely N-dealkylation sites (N-methyl/N-ethyl adjacent to an activating group) is 1. The summed E-state index contributed by atoms with van der Waals surface area (Å²) < 4.78 is 33.7. The molecule has 29 heavy (non-hydrogen) atoms. The summed E-state index contributed by atoms with van der Waals surface area (Å²) in [7, 11) is 0.577. The topological polar surface area (TPSA) is 106 Å². The summed E-state index contributed by atoms with van der Waals surface area (Å²) >= 11 is 0. The minimum atomic E-state index is -2.99. The number of aromatic amines is 1. The van der Waals surface area contributed by atoms with E-state index in [0.29, 0.717) is 25.3 Å². The maximum absolute atomic E-state index is 13.2. The molecule has 2 unspecified atom stereocenters. The number of nitrogens with one attached hydrogen (secondary N) is 1. The van der Waals surface area contributed by atoms with E-state index in [0.717, 1.165) is 19.4 Å². The Kier molecular flexibility index (Phi) is 7.14. The van der Waals surface area contributed by atoms with Crippen molar-refractivity contribution in [1.82, 2.24) is 19.1 Å². The fourth-order valence-corrected chi connectivity index (χ4v) is 5.87. The zero-order valence-corrected chi connectivity index (χ0v) is 18.4. The van der Waals surface area contributed by atoms with Crippen molar-refractivity contribution in [2.24, 2.45) is 0 Å². The summed E-state index contributed by atoms with van der Waals surface area (Å²) in [4.78, 5) is 28.2. The smallest absolute Gasteiger partial charge is 0.330 e. The standard InChI is InChI=1S/C18H31N4O6P/c1-13-8-21(18(24)19-17(13)23)16-10-20(2)9-15(28-16)12-27-29(4,25)22-7-5-6-14(22)11-26-3/h8,14-16H,5-7,9-12H2,1-4H3,(H,19,23,24)/t14-,15-,16?,29?/m0/s1. The van der Waals surface area contributed by atoms with Gasteiger partial charge >= 0.3 is 5.69 Å². The van der Waals surface area contributed by atoms with Crippen LogP contribution in [0.4, 0.5) is 0 Å². The van der Waals surface area contributed by atoms with Gasteiger partial charge in [-0.05, 0) is 26.8 Å². The van der Waals surface area contributed by atoms with E-state index in [1.54, 1.807) is 20.7 Å². The second-order valence-electron chi connectivity index (χ2n) is 7.93. The fraction of sp³-hybridized carbons (Fsp3) is 0.778. The molecule has 0 spiro atoms. The number of ether oxygens (including phenoxy) is 2. The Balaban J connectivity index is 1.67. The SMILES string of the molecule is COC[C@@H]1CCCN1P(C)(=O)OC[C@@H]1CN(C)CC(n2cc(C)c(=O)[nH]c2=O)O1. The van der Waals surface area contributed by atoms with E-state index < -0.39 is 25.0 Å². The summed E-state index contributed by atoms with van der Waals surface area (Å²) in [5, 5.41) is 0. The molecule has 0 aliphatic carbocycles. The lowest BCUT2D eigenvalue weighted by atomic mass is 10.2. The molecule has 1 N–H and O–H groups in total. The first-order chi connectivity index (χ1) is 13.7. The molecule has 4 atom stereocenters. The predicted octanol–water partition coefficient (Wildman–Crippen LogP) is 0.625. The van der Waals surface area contributed by atoms with E-state index >= 15 is 0 Å². The Bertz CT molecular complexity index is 871. The molecule has 164 valence electrons. The van der Waals surface area contributed by atoms with Gasteiger partial charge in [0.05, 0.1) is 19.3 Å². The molecule has 2 aliphatic heterocycles. The number of H-pyrrole nitrogens is 1. The molecule has 0 aromatic carbocycles. The van der Waals surface area contributed by atoms with Gasteiger partial charge in [0.2, 0.25) is 0 Å². The number of hydrogen-bond donors (Lipinski definition) is 1. The molecule has 1 aromatic heterocycles. The summed E-state index contributed by atoms with van der Waals surface area (Å²) in [6.45, 7) is 5.77. The summed E-state index contributed by atoms with van der Waals surface area (Å²) in [6, 6.07) is 0.0984. The van der Waals surface area contributed by atoms with Crippen LogP contribution < -0.4 is 11.2 Å². The number of methoxy groups -OCH3 is 1. The number of hydrogen-bond acceptors (Lipinski definition) is 7. The number of aromatic nitrogens is 2. The molecular formula is C18H31N4O6P. The summed E-state index contributed by atoms with van der Waals surface area (Å²) in [5.74, 6) is 0. The van der Waals surface area contributed by atoms with E-state index in [9.17, 15) is 14.2 Å². The average Bonchev–Trinajstić information content (AvgIpc) is 3.12. The highest BCUT2D eigenvalue weighted by atomic mass is 31.2. The van der Waals surface area contributed by atoms with Crippen molar-refractivity contribution < 1.29 is 18.6 Å². The molecule has 2 saturated heterocycles. The predicted molar refractivity (Wildman–Crippen MR) is 109 cm³/mol. The van der Waals surface area contributed by atoms with Gasteiger partial charge in [0.15, 0.2) is 6.23 Å². The largest absolute Gasteiger partial charge is 0.383 e. The van der Waals surface area contributed by atoms with Crippen LogP contribution in [0.2, 0.25) is 0 Å². The Morgan fingerprint density at radius 3 is 2.79 bits per heavy atom. The summed E-state index contributed by atoms with van der Waals surface area (Å²) in [6.07, 6.45) is 2.50. The Morgan fingerprint density at radius 1 is 1.31 bits per heavy atom. The summed E-state index contributed by atoms with van der Waals surface area (Å²) in [5.41, 5.74) is -0.481. The van der Waals surface area contributed by atoms with Crippen LogP contribution in [0, 0.1) is 6.92 Å². The van der Waals surface area contributed by atoms with Crippen LogP contribution in [0.25, 0.3) is 0 Å². The number of nitrogens with zero attached hydrogens (tertiary/aromatic N) is 3. The zero-order chi connectivity index (χ0) is 21.2. The molecule has 0 bridgehead atoms. The van der Waals surface area contributed by atoms with Crippen LogP contribution in [-0.4, -0.2) is 84.9 Å². The molecule has 1 aromatic rings. The lowest BCUT2D eigenvalue weighted by Gasteiger charge is -2.37. The van der Waals surface area contributed by atoms with Crippen molar-refractivity contribution in [2.45, 2.75) is 38.1 Å². The molecule has 11 heteroatoms. The normalized spacial score (nSPS) is 28.5. The van der Waals surface area contributed by atoms with Crippen LogP contribution in [0.5, 0.6) is 0 Å². The van der Waals surface area contributed by atoms with Crippen LogP contribution in [0.3, 0.4) is 0 Å². The highest BCUT2D eigenvalue weighted by molar-refractivity contribution is 7.55. The van der Waals surface area contributed by atoms with Crippen molar-refractivity contribution in [3.63, 3.8) is 0 Å². The van der Waals surface area contributed by atoms with Gasteiger partial charge in [-0.15, -0.1) is 0 Å². The zero-order valence-electron chi connectivity index (χ0n) is 17.5. The van der Waals surface area contributed by atoms with E-state index in [1.807, 2.05) is 16.6 Å². The van der Waals surface area contributed by atoms with Crippen molar-refractivity contribution in [2.75, 3.05) is 53.7 Å². The second-order valence-corrected chi connectivity index (χ2v) is 10.3. The third-order valence-electron chi connectivity index (χ3n) is 5.46. The monoisotopic (exact) mass is 430 g/mol. The number of rotatable bonds is 7. The molecule has 0 saturated carbocycles. The fourth-order valence-electron chi connectivity index (χ4n) is 4.00. The molecular weight excluding hydrogens is 399 g/mol. The van der Waals surface area contributed by atoms with Gasteiger partial charge in [0.1, 0.15) is 0 Å². The second kappa shape index (κ2) is 9.24. The van der Waals surface area contributed by atoms with Crippen molar-refractivity contribution in [3.8, 4) is 0 Å². The highest BCUT2D eigenvalue weighted by Crippen LogP contribution is 2.51. The molecule has 2 aliphatic rings. The molecule has 0 radical (unpaired) electrons. The molecule has 3 rings (SSSR count). The first-order valence-corrected chi connectivity index (χ1v) is 11.9. The first-order valence-electron chi connectivity index (χ1n) is 9.85. The lowest BCUT2D eigenvalue weighted by Crippen LogP contribution is -2.48. The van der Waals surface area contributed by atoms with Crippen molar-refractivity contribution >= 4 is 7.52 Å². The van der Waals surface area contributed by atoms with Gasteiger partial charge in [-0.25, -0.2) is 9.46 Å². The van der Waals surface area contributed by atoms with Crippen LogP contribution in [0.1, 0.15) is 24.6 Å². The Labute approximate surface area is 170 Å². The highest BCUT2D eigenvalue weighted by Gasteiger charge is 2.38. The third kappa shape index (κ3) is 5.25. The minimum Gasteiger partial charge on any atom is -0.383 e. The van der Waals surface area contributed by atoms with E-state index in [4.69, 9.17) is 14.0 Å². The van der Waals surface area contributed by atoms with Crippen molar-refractivity contribution in [1.29, 1.82) is 0 Å². The number of aryl methyl sites for hydroxylation is 1. The first kappa shape index (κ1) is 22.4. The van der Waals surface area contributed by atoms with Crippen LogP contribution in [0.15, 0.2) is 15.8 Å². The maximum Gasteiger partial charge on any atom is 0.330 e. The molecule has 10 nitrogen and oxygen atoms in total. The Hall–Kier alpha value is -1.29. The van der Waals surface area contributed by atoms with Crippen molar-refractivity contribution in [3.05, 3.63) is 32.6 Å². The Morgan fingerprint density at radius 2 is 2.07 bits per heavy atom. The molecule has 3 heterocycles. The van der Waals surface area contributed by atoms with E-state index in [1.165, 1.54) is 10.8 Å².